The number of carbonyl (C=O) groups excluding carboxylic acids is 2. The normalized spacial score (nSPS) is 12.2. The van der Waals surface area contributed by atoms with E-state index in [1.165, 1.54) is 0 Å². The zero-order chi connectivity index (χ0) is 15.3. The number of hydrazone groups is 1. The minimum Gasteiger partial charge on any atom is -0.295 e. The highest BCUT2D eigenvalue weighted by Gasteiger charge is 2.26. The fraction of sp³-hybridized carbons (Fsp3) is 0.400. The summed E-state index contributed by atoms with van der Waals surface area (Å²) < 4.78 is 1.91. The Labute approximate surface area is 121 Å². The molecule has 0 N–H and O–H groups in total. The fourth-order valence-corrected chi connectivity index (χ4v) is 3.10. The fourth-order valence-electron chi connectivity index (χ4n) is 1.72. The van der Waals surface area contributed by atoms with Crippen LogP contribution in [0, 0.1) is 0 Å². The van der Waals surface area contributed by atoms with Crippen molar-refractivity contribution in [3.8, 4) is 0 Å². The van der Waals surface area contributed by atoms with Crippen molar-refractivity contribution >= 4 is 31.2 Å². The summed E-state index contributed by atoms with van der Waals surface area (Å²) in [5.74, 6) is -0.887. The molecular formula is C15H22N2O2Si. The van der Waals surface area contributed by atoms with Crippen LogP contribution in [-0.2, 0) is 9.59 Å². The topological polar surface area (TPSA) is 49.7 Å². The van der Waals surface area contributed by atoms with E-state index in [1.54, 1.807) is 13.8 Å². The SMILES string of the molecule is CCC(=O)C(=O)/C(C)=N/N(c1ccccc1)[Si](C)(C)C. The van der Waals surface area contributed by atoms with Gasteiger partial charge in [-0.25, -0.2) is 0 Å². The number of hydrogen-bond donors (Lipinski definition) is 0. The van der Waals surface area contributed by atoms with Crippen LogP contribution in [-0.4, -0.2) is 25.5 Å². The lowest BCUT2D eigenvalue weighted by Gasteiger charge is -2.31. The van der Waals surface area contributed by atoms with Crippen LogP contribution in [0.2, 0.25) is 19.6 Å². The second-order valence-electron chi connectivity index (χ2n) is 5.61. The van der Waals surface area contributed by atoms with E-state index in [-0.39, 0.29) is 12.1 Å². The standard InChI is InChI=1S/C15H22N2O2Si/c1-6-14(18)15(19)12(2)16-17(20(3,4)5)13-10-8-7-9-11-13/h7-11H,6H2,1-5H3/b16-12+. The number of rotatable bonds is 6. The summed E-state index contributed by atoms with van der Waals surface area (Å²) >= 11 is 0. The minimum atomic E-state index is -1.80. The quantitative estimate of drug-likeness (QED) is 0.350. The number of anilines is 1. The molecule has 0 aliphatic rings. The Balaban J connectivity index is 3.15. The number of nitrogens with zero attached hydrogens (tertiary/aromatic N) is 2. The third kappa shape index (κ3) is 4.13. The van der Waals surface area contributed by atoms with Gasteiger partial charge in [-0.05, 0) is 38.7 Å². The van der Waals surface area contributed by atoms with Gasteiger partial charge in [-0.3, -0.25) is 14.3 Å². The van der Waals surface area contributed by atoms with E-state index in [1.807, 2.05) is 35.0 Å². The Morgan fingerprint density at radius 1 is 1.15 bits per heavy atom. The summed E-state index contributed by atoms with van der Waals surface area (Å²) in [6, 6.07) is 9.73. The molecule has 0 aromatic heterocycles. The average molecular weight is 290 g/mol. The van der Waals surface area contributed by atoms with E-state index in [0.29, 0.717) is 0 Å². The molecule has 4 nitrogen and oxygen atoms in total. The van der Waals surface area contributed by atoms with Gasteiger partial charge in [0.25, 0.3) is 0 Å². The minimum absolute atomic E-state index is 0.212. The Morgan fingerprint density at radius 2 is 1.70 bits per heavy atom. The molecule has 0 atom stereocenters. The zero-order valence-electron chi connectivity index (χ0n) is 12.8. The highest BCUT2D eigenvalue weighted by Crippen LogP contribution is 2.21. The lowest BCUT2D eigenvalue weighted by atomic mass is 10.1. The molecule has 0 amide bonds. The Hall–Kier alpha value is -1.75. The van der Waals surface area contributed by atoms with E-state index in [4.69, 9.17) is 0 Å². The third-order valence-electron chi connectivity index (χ3n) is 2.79. The van der Waals surface area contributed by atoms with Gasteiger partial charge in [0.2, 0.25) is 11.6 Å². The maximum atomic E-state index is 11.9. The predicted octanol–water partition coefficient (Wildman–Crippen LogP) is 3.25. The van der Waals surface area contributed by atoms with Crippen molar-refractivity contribution in [1.82, 2.24) is 0 Å². The largest absolute Gasteiger partial charge is 0.295 e. The molecule has 108 valence electrons. The summed E-state index contributed by atoms with van der Waals surface area (Å²) in [7, 11) is -1.80. The number of ketones is 2. The Kier molecular flexibility index (Phi) is 5.39. The van der Waals surface area contributed by atoms with Gasteiger partial charge in [-0.2, -0.15) is 5.10 Å². The van der Waals surface area contributed by atoms with Crippen molar-refractivity contribution in [3.63, 3.8) is 0 Å². The third-order valence-corrected chi connectivity index (χ3v) is 4.42. The van der Waals surface area contributed by atoms with Crippen LogP contribution in [0.3, 0.4) is 0 Å². The summed E-state index contributed by atoms with van der Waals surface area (Å²) in [6.07, 6.45) is 0.212. The first kappa shape index (κ1) is 16.3. The molecule has 0 spiro atoms. The molecule has 0 radical (unpaired) electrons. The molecule has 0 saturated heterocycles. The van der Waals surface area contributed by atoms with Crippen LogP contribution in [0.15, 0.2) is 35.4 Å². The number of carbonyl (C=O) groups is 2. The van der Waals surface area contributed by atoms with Crippen molar-refractivity contribution in [2.75, 3.05) is 4.67 Å². The number of para-hydroxylation sites is 1. The first-order valence-electron chi connectivity index (χ1n) is 6.75. The molecule has 0 saturated carbocycles. The molecule has 1 rings (SSSR count). The molecule has 20 heavy (non-hydrogen) atoms. The summed E-state index contributed by atoms with van der Waals surface area (Å²) in [5.41, 5.74) is 1.20. The Morgan fingerprint density at radius 3 is 2.15 bits per heavy atom. The number of Topliss-reactive ketones (excluding diaryl/α,β-unsaturated/α-hetero) is 2. The Bertz CT molecular complexity index is 518. The second-order valence-corrected chi connectivity index (χ2v) is 10.4. The van der Waals surface area contributed by atoms with E-state index in [9.17, 15) is 9.59 Å². The van der Waals surface area contributed by atoms with Gasteiger partial charge in [0.15, 0.2) is 8.24 Å². The summed E-state index contributed by atoms with van der Waals surface area (Å²) in [4.78, 5) is 23.4. The van der Waals surface area contributed by atoms with Crippen LogP contribution in [0.1, 0.15) is 20.3 Å². The molecule has 1 aromatic carbocycles. The van der Waals surface area contributed by atoms with E-state index >= 15 is 0 Å². The van der Waals surface area contributed by atoms with E-state index in [2.05, 4.69) is 24.7 Å². The van der Waals surface area contributed by atoms with Crippen molar-refractivity contribution < 1.29 is 9.59 Å². The smallest absolute Gasteiger partial charge is 0.244 e. The molecular weight excluding hydrogens is 268 g/mol. The maximum absolute atomic E-state index is 11.9. The van der Waals surface area contributed by atoms with Gasteiger partial charge >= 0.3 is 0 Å². The molecule has 0 aliphatic heterocycles. The predicted molar refractivity (Wildman–Crippen MR) is 85.7 cm³/mol. The molecule has 5 heteroatoms. The monoisotopic (exact) mass is 290 g/mol. The van der Waals surface area contributed by atoms with E-state index < -0.39 is 19.8 Å². The van der Waals surface area contributed by atoms with Gasteiger partial charge in [0.1, 0.15) is 5.71 Å². The summed E-state index contributed by atoms with van der Waals surface area (Å²) in [6.45, 7) is 9.71. The molecule has 1 aromatic rings. The highest BCUT2D eigenvalue weighted by atomic mass is 28.3. The van der Waals surface area contributed by atoms with Crippen molar-refractivity contribution in [1.29, 1.82) is 0 Å². The lowest BCUT2D eigenvalue weighted by Crippen LogP contribution is -2.43. The summed E-state index contributed by atoms with van der Waals surface area (Å²) in [5, 5.41) is 4.43. The highest BCUT2D eigenvalue weighted by molar-refractivity contribution is 6.80. The first-order valence-corrected chi connectivity index (χ1v) is 10.2. The molecule has 0 heterocycles. The van der Waals surface area contributed by atoms with Crippen LogP contribution < -0.4 is 4.67 Å². The van der Waals surface area contributed by atoms with Gasteiger partial charge < -0.3 is 0 Å². The van der Waals surface area contributed by atoms with Crippen LogP contribution >= 0.6 is 0 Å². The number of hydrogen-bond acceptors (Lipinski definition) is 4. The zero-order valence-corrected chi connectivity index (χ0v) is 13.8. The van der Waals surface area contributed by atoms with Crippen LogP contribution in [0.4, 0.5) is 5.69 Å². The average Bonchev–Trinajstić information content (AvgIpc) is 2.42. The lowest BCUT2D eigenvalue weighted by molar-refractivity contribution is -0.132. The van der Waals surface area contributed by atoms with Crippen molar-refractivity contribution in [2.24, 2.45) is 5.10 Å². The molecule has 0 fully saturated rings. The first-order chi connectivity index (χ1) is 9.27. The van der Waals surface area contributed by atoms with Gasteiger partial charge in [0, 0.05) is 12.1 Å². The molecule has 0 bridgehead atoms. The number of benzene rings is 1. The van der Waals surface area contributed by atoms with Crippen LogP contribution in [0.25, 0.3) is 0 Å². The van der Waals surface area contributed by atoms with Crippen molar-refractivity contribution in [2.45, 2.75) is 39.9 Å². The molecule has 0 aliphatic carbocycles. The van der Waals surface area contributed by atoms with E-state index in [0.717, 1.165) is 5.69 Å². The van der Waals surface area contributed by atoms with Crippen molar-refractivity contribution in [3.05, 3.63) is 30.3 Å². The van der Waals surface area contributed by atoms with Gasteiger partial charge in [-0.1, -0.05) is 25.1 Å². The maximum Gasteiger partial charge on any atom is 0.244 e. The van der Waals surface area contributed by atoms with Gasteiger partial charge in [0.05, 0.1) is 0 Å². The second kappa shape index (κ2) is 6.61. The van der Waals surface area contributed by atoms with Gasteiger partial charge in [-0.15, -0.1) is 0 Å². The molecule has 0 unspecified atom stereocenters. The van der Waals surface area contributed by atoms with Crippen LogP contribution in [0.5, 0.6) is 0 Å².